The summed E-state index contributed by atoms with van der Waals surface area (Å²) in [7, 11) is 2.98. The van der Waals surface area contributed by atoms with Crippen LogP contribution >= 0.6 is 0 Å². The number of ether oxygens (including phenoxy) is 2. The summed E-state index contributed by atoms with van der Waals surface area (Å²) in [6.45, 7) is 1.74. The van der Waals surface area contributed by atoms with Crippen LogP contribution in [-0.4, -0.2) is 36.3 Å². The van der Waals surface area contributed by atoms with E-state index in [-0.39, 0.29) is 12.2 Å². The standard InChI is InChI=1S/C10H14N2O3/c1-7-10(12-5-4-11-7)8(13)6-9(14-2)15-3/h4-5,9H,6H2,1-3H3. The van der Waals surface area contributed by atoms with Gasteiger partial charge in [-0.15, -0.1) is 0 Å². The summed E-state index contributed by atoms with van der Waals surface area (Å²) >= 11 is 0. The molecule has 0 unspecified atom stereocenters. The van der Waals surface area contributed by atoms with E-state index in [1.165, 1.54) is 20.4 Å². The Hall–Kier alpha value is -1.33. The van der Waals surface area contributed by atoms with Gasteiger partial charge in [0.2, 0.25) is 0 Å². The van der Waals surface area contributed by atoms with Gasteiger partial charge in [-0.3, -0.25) is 9.78 Å². The van der Waals surface area contributed by atoms with Crippen LogP contribution in [0.1, 0.15) is 22.6 Å². The van der Waals surface area contributed by atoms with Gasteiger partial charge in [0.1, 0.15) is 5.69 Å². The van der Waals surface area contributed by atoms with Crippen molar-refractivity contribution in [3.8, 4) is 0 Å². The van der Waals surface area contributed by atoms with E-state index in [9.17, 15) is 4.79 Å². The van der Waals surface area contributed by atoms with E-state index in [4.69, 9.17) is 9.47 Å². The summed E-state index contributed by atoms with van der Waals surface area (Å²) in [5.74, 6) is -0.130. The van der Waals surface area contributed by atoms with Crippen molar-refractivity contribution >= 4 is 5.78 Å². The summed E-state index contributed by atoms with van der Waals surface area (Å²) in [4.78, 5) is 19.7. The van der Waals surface area contributed by atoms with Crippen molar-refractivity contribution in [3.05, 3.63) is 23.8 Å². The second-order valence-electron chi connectivity index (χ2n) is 3.02. The third-order valence-corrected chi connectivity index (χ3v) is 2.02. The van der Waals surface area contributed by atoms with Crippen molar-refractivity contribution in [3.63, 3.8) is 0 Å². The van der Waals surface area contributed by atoms with Gasteiger partial charge in [-0.1, -0.05) is 0 Å². The van der Waals surface area contributed by atoms with E-state index in [1.807, 2.05) is 0 Å². The third-order valence-electron chi connectivity index (χ3n) is 2.02. The van der Waals surface area contributed by atoms with Crippen molar-refractivity contribution in [2.45, 2.75) is 19.6 Å². The molecule has 1 heterocycles. The minimum Gasteiger partial charge on any atom is -0.355 e. The monoisotopic (exact) mass is 210 g/mol. The second-order valence-corrected chi connectivity index (χ2v) is 3.02. The van der Waals surface area contributed by atoms with Crippen LogP contribution in [0.2, 0.25) is 0 Å². The maximum Gasteiger partial charge on any atom is 0.188 e. The van der Waals surface area contributed by atoms with Crippen LogP contribution in [0.25, 0.3) is 0 Å². The molecule has 0 saturated heterocycles. The van der Waals surface area contributed by atoms with Gasteiger partial charge in [0, 0.05) is 26.6 Å². The van der Waals surface area contributed by atoms with Crippen molar-refractivity contribution in [2.24, 2.45) is 0 Å². The molecule has 5 heteroatoms. The van der Waals surface area contributed by atoms with E-state index < -0.39 is 6.29 Å². The van der Waals surface area contributed by atoms with Gasteiger partial charge in [0.05, 0.1) is 12.1 Å². The molecule has 0 aliphatic rings. The molecule has 1 aromatic heterocycles. The Bertz CT molecular complexity index is 337. The smallest absolute Gasteiger partial charge is 0.188 e. The minimum absolute atomic E-state index is 0.130. The average Bonchev–Trinajstić information content (AvgIpc) is 2.26. The first-order valence-electron chi connectivity index (χ1n) is 4.55. The minimum atomic E-state index is -0.529. The molecular formula is C10H14N2O3. The molecule has 0 aromatic carbocycles. The predicted molar refractivity (Wildman–Crippen MR) is 53.5 cm³/mol. The molecule has 0 aliphatic carbocycles. The lowest BCUT2D eigenvalue weighted by Crippen LogP contribution is -2.19. The molecule has 1 rings (SSSR count). The Morgan fingerprint density at radius 1 is 1.33 bits per heavy atom. The van der Waals surface area contributed by atoms with Gasteiger partial charge >= 0.3 is 0 Å². The molecule has 5 nitrogen and oxygen atoms in total. The largest absolute Gasteiger partial charge is 0.355 e. The number of nitrogens with zero attached hydrogens (tertiary/aromatic N) is 2. The third kappa shape index (κ3) is 3.07. The molecule has 0 saturated carbocycles. The van der Waals surface area contributed by atoms with Crippen molar-refractivity contribution in [1.82, 2.24) is 9.97 Å². The van der Waals surface area contributed by atoms with Gasteiger partial charge in [0.25, 0.3) is 0 Å². The molecule has 0 aliphatic heterocycles. The normalized spacial score (nSPS) is 10.7. The van der Waals surface area contributed by atoms with Crippen LogP contribution in [-0.2, 0) is 9.47 Å². The quantitative estimate of drug-likeness (QED) is 0.535. The Morgan fingerprint density at radius 2 is 1.93 bits per heavy atom. The SMILES string of the molecule is COC(CC(=O)c1nccnc1C)OC. The number of ketones is 1. The maximum atomic E-state index is 11.7. The molecule has 0 fully saturated rings. The summed E-state index contributed by atoms with van der Waals surface area (Å²) in [6, 6.07) is 0. The van der Waals surface area contributed by atoms with E-state index >= 15 is 0 Å². The van der Waals surface area contributed by atoms with E-state index in [1.54, 1.807) is 13.1 Å². The van der Waals surface area contributed by atoms with Crippen molar-refractivity contribution in [1.29, 1.82) is 0 Å². The average molecular weight is 210 g/mol. The van der Waals surface area contributed by atoms with Crippen molar-refractivity contribution in [2.75, 3.05) is 14.2 Å². The van der Waals surface area contributed by atoms with E-state index in [0.29, 0.717) is 11.4 Å². The van der Waals surface area contributed by atoms with Gasteiger partial charge in [-0.25, -0.2) is 4.98 Å². The lowest BCUT2D eigenvalue weighted by Gasteiger charge is -2.12. The first-order valence-corrected chi connectivity index (χ1v) is 4.55. The van der Waals surface area contributed by atoms with Crippen LogP contribution in [0.4, 0.5) is 0 Å². The molecule has 82 valence electrons. The second kappa shape index (κ2) is 5.53. The summed E-state index contributed by atoms with van der Waals surface area (Å²) in [6.07, 6.45) is 2.66. The van der Waals surface area contributed by atoms with E-state index in [2.05, 4.69) is 9.97 Å². The number of aryl methyl sites for hydroxylation is 1. The highest BCUT2D eigenvalue weighted by Gasteiger charge is 2.16. The highest BCUT2D eigenvalue weighted by molar-refractivity contribution is 5.95. The van der Waals surface area contributed by atoms with Gasteiger partial charge < -0.3 is 9.47 Å². The number of carbonyl (C=O) groups is 1. The number of hydrogen-bond acceptors (Lipinski definition) is 5. The lowest BCUT2D eigenvalue weighted by molar-refractivity contribution is -0.0993. The molecular weight excluding hydrogens is 196 g/mol. The number of rotatable bonds is 5. The molecule has 0 radical (unpaired) electrons. The fourth-order valence-electron chi connectivity index (χ4n) is 1.19. The van der Waals surface area contributed by atoms with Gasteiger partial charge in [-0.05, 0) is 6.92 Å². The zero-order valence-corrected chi connectivity index (χ0v) is 9.06. The molecule has 0 spiro atoms. The molecule has 0 amide bonds. The van der Waals surface area contributed by atoms with Gasteiger partial charge in [-0.2, -0.15) is 0 Å². The number of Topliss-reactive ketones (excluding diaryl/α,β-unsaturated/α-hetero) is 1. The fraction of sp³-hybridized carbons (Fsp3) is 0.500. The van der Waals surface area contributed by atoms with Gasteiger partial charge in [0.15, 0.2) is 12.1 Å². The zero-order chi connectivity index (χ0) is 11.3. The first kappa shape index (κ1) is 11.7. The molecule has 0 N–H and O–H groups in total. The Morgan fingerprint density at radius 3 is 2.47 bits per heavy atom. The summed E-state index contributed by atoms with van der Waals surface area (Å²) in [5.41, 5.74) is 0.991. The number of aromatic nitrogens is 2. The lowest BCUT2D eigenvalue weighted by atomic mass is 10.1. The number of hydrogen-bond donors (Lipinski definition) is 0. The van der Waals surface area contributed by atoms with Crippen LogP contribution in [0.3, 0.4) is 0 Å². The summed E-state index contributed by atoms with van der Waals surface area (Å²) < 4.78 is 9.88. The van der Waals surface area contributed by atoms with Crippen LogP contribution in [0.15, 0.2) is 12.4 Å². The molecule has 1 aromatic rings. The Labute approximate surface area is 88.4 Å². The highest BCUT2D eigenvalue weighted by atomic mass is 16.7. The van der Waals surface area contributed by atoms with Crippen LogP contribution < -0.4 is 0 Å². The number of carbonyl (C=O) groups excluding carboxylic acids is 1. The van der Waals surface area contributed by atoms with Crippen LogP contribution in [0, 0.1) is 6.92 Å². The zero-order valence-electron chi connectivity index (χ0n) is 9.06. The topological polar surface area (TPSA) is 61.3 Å². The molecule has 15 heavy (non-hydrogen) atoms. The highest BCUT2D eigenvalue weighted by Crippen LogP contribution is 2.07. The first-order chi connectivity index (χ1) is 7.19. The Kier molecular flexibility index (Phi) is 4.33. The molecule has 0 bridgehead atoms. The summed E-state index contributed by atoms with van der Waals surface area (Å²) in [5, 5.41) is 0. The van der Waals surface area contributed by atoms with Crippen molar-refractivity contribution < 1.29 is 14.3 Å². The number of methoxy groups -OCH3 is 2. The predicted octanol–water partition coefficient (Wildman–Crippen LogP) is 0.977. The van der Waals surface area contributed by atoms with E-state index in [0.717, 1.165) is 0 Å². The fourth-order valence-corrected chi connectivity index (χ4v) is 1.19. The molecule has 0 atom stereocenters. The maximum absolute atomic E-state index is 11.7. The Balaban J connectivity index is 2.73. The van der Waals surface area contributed by atoms with Crippen LogP contribution in [0.5, 0.6) is 0 Å².